The molecule has 0 aromatic carbocycles. The van der Waals surface area contributed by atoms with Crippen molar-refractivity contribution < 1.29 is 4.52 Å². The molecule has 4 aromatic rings. The minimum atomic E-state index is 0.339. The van der Waals surface area contributed by atoms with Gasteiger partial charge in [-0.1, -0.05) is 11.2 Å². The van der Waals surface area contributed by atoms with Crippen molar-refractivity contribution in [3.63, 3.8) is 0 Å². The first-order chi connectivity index (χ1) is 13.8. The van der Waals surface area contributed by atoms with Crippen LogP contribution in [0.5, 0.6) is 0 Å². The maximum Gasteiger partial charge on any atom is 0.263 e. The Morgan fingerprint density at radius 1 is 1.21 bits per heavy atom. The van der Waals surface area contributed by atoms with Gasteiger partial charge in [-0.3, -0.25) is 4.98 Å². The van der Waals surface area contributed by atoms with E-state index < -0.39 is 0 Å². The number of hydrogen-bond acceptors (Lipinski definition) is 7. The predicted octanol–water partition coefficient (Wildman–Crippen LogP) is 2.95. The third-order valence-electron chi connectivity index (χ3n) is 5.33. The van der Waals surface area contributed by atoms with E-state index in [-0.39, 0.29) is 0 Å². The predicted molar refractivity (Wildman–Crippen MR) is 104 cm³/mol. The molecule has 142 valence electrons. The first-order valence-corrected chi connectivity index (χ1v) is 9.51. The van der Waals surface area contributed by atoms with E-state index in [0.29, 0.717) is 11.6 Å². The second-order valence-electron chi connectivity index (χ2n) is 7.21. The van der Waals surface area contributed by atoms with Crippen molar-refractivity contribution in [2.24, 2.45) is 0 Å². The molecule has 8 heteroatoms. The van der Waals surface area contributed by atoms with Gasteiger partial charge in [0.15, 0.2) is 0 Å². The highest BCUT2D eigenvalue weighted by Gasteiger charge is 2.27. The number of rotatable bonds is 4. The molecule has 5 rings (SSSR count). The molecule has 1 fully saturated rings. The highest BCUT2D eigenvalue weighted by atomic mass is 16.5. The van der Waals surface area contributed by atoms with Crippen LogP contribution in [0.3, 0.4) is 0 Å². The average Bonchev–Trinajstić information content (AvgIpc) is 3.36. The topological polar surface area (TPSA) is 85.8 Å². The molecule has 0 unspecified atom stereocenters. The van der Waals surface area contributed by atoms with Crippen molar-refractivity contribution in [2.45, 2.75) is 32.2 Å². The number of anilines is 1. The zero-order valence-corrected chi connectivity index (χ0v) is 15.7. The first-order valence-electron chi connectivity index (χ1n) is 9.51. The van der Waals surface area contributed by atoms with Crippen LogP contribution in [0.2, 0.25) is 0 Å². The van der Waals surface area contributed by atoms with E-state index in [4.69, 9.17) is 4.52 Å². The number of piperidine rings is 1. The smallest absolute Gasteiger partial charge is 0.263 e. The molecule has 0 saturated carbocycles. The molecule has 0 radical (unpaired) electrons. The molecule has 1 atom stereocenters. The molecule has 28 heavy (non-hydrogen) atoms. The SMILES string of the molecule is Cc1noc2ncnc(N3CCC[C@H](c4nccn4Cc4cccnc4)C3)c12. The number of fused-ring (bicyclic) bond motifs is 1. The fraction of sp³-hybridized carbons (Fsp3) is 0.350. The number of pyridine rings is 1. The minimum absolute atomic E-state index is 0.339. The minimum Gasteiger partial charge on any atom is -0.355 e. The van der Waals surface area contributed by atoms with Gasteiger partial charge < -0.3 is 14.0 Å². The van der Waals surface area contributed by atoms with Crippen molar-refractivity contribution >= 4 is 16.9 Å². The molecule has 8 nitrogen and oxygen atoms in total. The first kappa shape index (κ1) is 16.9. The van der Waals surface area contributed by atoms with Gasteiger partial charge in [0, 0.05) is 43.8 Å². The maximum atomic E-state index is 5.31. The van der Waals surface area contributed by atoms with E-state index in [0.717, 1.165) is 55.2 Å². The van der Waals surface area contributed by atoms with Gasteiger partial charge in [0.2, 0.25) is 0 Å². The Kier molecular flexibility index (Phi) is 4.23. The van der Waals surface area contributed by atoms with Crippen LogP contribution in [-0.2, 0) is 6.54 Å². The van der Waals surface area contributed by atoms with E-state index in [1.54, 1.807) is 12.5 Å². The van der Waals surface area contributed by atoms with E-state index in [2.05, 4.69) is 40.6 Å². The second-order valence-corrected chi connectivity index (χ2v) is 7.21. The van der Waals surface area contributed by atoms with Gasteiger partial charge in [0.1, 0.15) is 23.4 Å². The van der Waals surface area contributed by atoms with Gasteiger partial charge in [-0.05, 0) is 31.4 Å². The number of aromatic nitrogens is 6. The normalized spacial score (nSPS) is 17.3. The number of nitrogens with zero attached hydrogens (tertiary/aromatic N) is 7. The van der Waals surface area contributed by atoms with Crippen LogP contribution >= 0.6 is 0 Å². The lowest BCUT2D eigenvalue weighted by Crippen LogP contribution is -2.36. The molecule has 5 heterocycles. The molecule has 1 aliphatic rings. The van der Waals surface area contributed by atoms with Gasteiger partial charge in [-0.15, -0.1) is 0 Å². The summed E-state index contributed by atoms with van der Waals surface area (Å²) in [5.74, 6) is 2.35. The van der Waals surface area contributed by atoms with Crippen LogP contribution in [0.4, 0.5) is 5.82 Å². The highest BCUT2D eigenvalue weighted by Crippen LogP contribution is 2.32. The summed E-state index contributed by atoms with van der Waals surface area (Å²) in [5.41, 5.74) is 2.54. The lowest BCUT2D eigenvalue weighted by molar-refractivity contribution is 0.442. The van der Waals surface area contributed by atoms with Gasteiger partial charge in [0.05, 0.1) is 12.2 Å². The zero-order chi connectivity index (χ0) is 18.9. The Bertz CT molecular complexity index is 1090. The lowest BCUT2D eigenvalue weighted by atomic mass is 9.96. The largest absolute Gasteiger partial charge is 0.355 e. The molecule has 0 amide bonds. The summed E-state index contributed by atoms with van der Waals surface area (Å²) in [4.78, 5) is 20.0. The van der Waals surface area contributed by atoms with Gasteiger partial charge in [-0.2, -0.15) is 4.98 Å². The fourth-order valence-electron chi connectivity index (χ4n) is 4.03. The molecule has 0 aliphatic carbocycles. The second kappa shape index (κ2) is 7.03. The van der Waals surface area contributed by atoms with Crippen LogP contribution < -0.4 is 4.90 Å². The van der Waals surface area contributed by atoms with Crippen LogP contribution in [-0.4, -0.2) is 42.7 Å². The molecule has 0 spiro atoms. The Morgan fingerprint density at radius 2 is 2.18 bits per heavy atom. The third kappa shape index (κ3) is 3.00. The Hall–Kier alpha value is -3.29. The van der Waals surface area contributed by atoms with E-state index in [1.165, 1.54) is 5.56 Å². The molecule has 1 saturated heterocycles. The standard InChI is InChI=1S/C20H21N7O/c1-14-17-19(23-13-24-20(17)28-25-14)26-8-3-5-16(12-26)18-22-7-9-27(18)11-15-4-2-6-21-10-15/h2,4,6-7,9-10,13,16H,3,5,8,11-12H2,1H3/t16-/m0/s1. The molecule has 0 bridgehead atoms. The highest BCUT2D eigenvalue weighted by molar-refractivity contribution is 5.87. The average molecular weight is 375 g/mol. The van der Waals surface area contributed by atoms with Crippen LogP contribution in [0.1, 0.15) is 35.8 Å². The maximum absolute atomic E-state index is 5.31. The number of hydrogen-bond donors (Lipinski definition) is 0. The van der Waals surface area contributed by atoms with E-state index in [9.17, 15) is 0 Å². The summed E-state index contributed by atoms with van der Waals surface area (Å²) < 4.78 is 7.54. The van der Waals surface area contributed by atoms with Gasteiger partial charge >= 0.3 is 0 Å². The molecule has 4 aromatic heterocycles. The zero-order valence-electron chi connectivity index (χ0n) is 15.7. The molecule has 1 aliphatic heterocycles. The Morgan fingerprint density at radius 3 is 3.07 bits per heavy atom. The Labute approximate surface area is 162 Å². The number of imidazole rings is 1. The van der Waals surface area contributed by atoms with Crippen molar-refractivity contribution in [1.29, 1.82) is 0 Å². The summed E-state index contributed by atoms with van der Waals surface area (Å²) >= 11 is 0. The number of aryl methyl sites for hydroxylation is 1. The van der Waals surface area contributed by atoms with Crippen molar-refractivity contribution in [2.75, 3.05) is 18.0 Å². The molecular weight excluding hydrogens is 354 g/mol. The van der Waals surface area contributed by atoms with Crippen molar-refractivity contribution in [3.8, 4) is 0 Å². The summed E-state index contributed by atoms with van der Waals surface area (Å²) in [6.07, 6.45) is 11.4. The monoisotopic (exact) mass is 375 g/mol. The van der Waals surface area contributed by atoms with Crippen LogP contribution in [0, 0.1) is 6.92 Å². The lowest BCUT2D eigenvalue weighted by Gasteiger charge is -2.33. The summed E-state index contributed by atoms with van der Waals surface area (Å²) in [6, 6.07) is 4.06. The van der Waals surface area contributed by atoms with Crippen molar-refractivity contribution in [1.82, 2.24) is 29.7 Å². The van der Waals surface area contributed by atoms with Crippen molar-refractivity contribution in [3.05, 3.63) is 60.3 Å². The fourth-order valence-corrected chi connectivity index (χ4v) is 4.03. The quantitative estimate of drug-likeness (QED) is 0.542. The van der Waals surface area contributed by atoms with E-state index in [1.807, 2.05) is 31.6 Å². The van der Waals surface area contributed by atoms with Crippen LogP contribution in [0.15, 0.2) is 47.8 Å². The molecular formula is C20H21N7O. The van der Waals surface area contributed by atoms with E-state index >= 15 is 0 Å². The molecule has 0 N–H and O–H groups in total. The summed E-state index contributed by atoms with van der Waals surface area (Å²) in [6.45, 7) is 4.53. The summed E-state index contributed by atoms with van der Waals surface area (Å²) in [5, 5.41) is 4.96. The van der Waals surface area contributed by atoms with Gasteiger partial charge in [-0.25, -0.2) is 9.97 Å². The van der Waals surface area contributed by atoms with Crippen LogP contribution in [0.25, 0.3) is 11.1 Å². The Balaban J connectivity index is 1.42. The third-order valence-corrected chi connectivity index (χ3v) is 5.33. The summed E-state index contributed by atoms with van der Waals surface area (Å²) in [7, 11) is 0. The van der Waals surface area contributed by atoms with Gasteiger partial charge in [0.25, 0.3) is 5.71 Å².